The first kappa shape index (κ1) is 20.4. The van der Waals surface area contributed by atoms with Gasteiger partial charge in [0.05, 0.1) is 17.4 Å². The van der Waals surface area contributed by atoms with Crippen molar-refractivity contribution in [2.24, 2.45) is 0 Å². The monoisotopic (exact) mass is 430 g/mol. The highest BCUT2D eigenvalue weighted by molar-refractivity contribution is 7.99. The second-order valence-electron chi connectivity index (χ2n) is 6.59. The molecule has 0 aliphatic rings. The van der Waals surface area contributed by atoms with Crippen LogP contribution in [0.15, 0.2) is 70.7 Å². The van der Waals surface area contributed by atoms with Crippen molar-refractivity contribution < 1.29 is 9.21 Å². The summed E-state index contributed by atoms with van der Waals surface area (Å²) in [6.45, 7) is 2.08. The van der Waals surface area contributed by atoms with Gasteiger partial charge in [0.1, 0.15) is 12.0 Å². The molecule has 0 fully saturated rings. The largest absolute Gasteiger partial charge is 0.410 e. The molecule has 0 atom stereocenters. The Morgan fingerprint density at radius 3 is 2.65 bits per heavy atom. The molecule has 1 N–H and O–H groups in total. The van der Waals surface area contributed by atoms with Gasteiger partial charge in [-0.05, 0) is 48.4 Å². The minimum Gasteiger partial charge on any atom is -0.410 e. The smallest absolute Gasteiger partial charge is 0.277 e. The molecule has 2 aromatic carbocycles. The van der Waals surface area contributed by atoms with Crippen LogP contribution in [0.4, 0.5) is 5.69 Å². The third-order valence-corrected chi connectivity index (χ3v) is 5.29. The zero-order valence-corrected chi connectivity index (χ0v) is 17.5. The van der Waals surface area contributed by atoms with Crippen LogP contribution >= 0.6 is 11.8 Å². The molecule has 0 aliphatic carbocycles. The molecule has 4 rings (SSSR count). The van der Waals surface area contributed by atoms with Crippen molar-refractivity contribution in [1.82, 2.24) is 19.7 Å². The predicted octanol–water partition coefficient (Wildman–Crippen LogP) is 4.09. The Morgan fingerprint density at radius 1 is 1.16 bits per heavy atom. The molecule has 2 heterocycles. The SMILES string of the molecule is CCc1ccc(NC(=O)CSc2nnc(-c3cn(-c4ccc(C#N)cc4)cn3)o2)cc1. The Morgan fingerprint density at radius 2 is 1.94 bits per heavy atom. The number of nitrogens with zero attached hydrogens (tertiary/aromatic N) is 5. The number of carbonyl (C=O) groups is 1. The van der Waals surface area contributed by atoms with E-state index in [1.165, 1.54) is 5.56 Å². The maximum absolute atomic E-state index is 12.2. The van der Waals surface area contributed by atoms with E-state index in [0.717, 1.165) is 29.6 Å². The third-order valence-electron chi connectivity index (χ3n) is 4.48. The molecule has 0 bridgehead atoms. The molecule has 0 radical (unpaired) electrons. The first-order valence-corrected chi connectivity index (χ1v) is 10.5. The molecule has 0 spiro atoms. The average Bonchev–Trinajstić information content (AvgIpc) is 3.48. The van der Waals surface area contributed by atoms with E-state index in [0.29, 0.717) is 16.5 Å². The summed E-state index contributed by atoms with van der Waals surface area (Å²) >= 11 is 1.16. The Kier molecular flexibility index (Phi) is 6.10. The molecule has 0 unspecified atom stereocenters. The number of hydrogen-bond donors (Lipinski definition) is 1. The molecular weight excluding hydrogens is 412 g/mol. The van der Waals surface area contributed by atoms with Crippen LogP contribution in [0.2, 0.25) is 0 Å². The predicted molar refractivity (Wildman–Crippen MR) is 117 cm³/mol. The van der Waals surface area contributed by atoms with Crippen molar-refractivity contribution in [2.45, 2.75) is 18.6 Å². The molecule has 1 amide bonds. The number of anilines is 1. The summed E-state index contributed by atoms with van der Waals surface area (Å²) in [6.07, 6.45) is 4.34. The van der Waals surface area contributed by atoms with E-state index >= 15 is 0 Å². The Hall–Kier alpha value is -3.90. The number of benzene rings is 2. The number of hydrogen-bond acceptors (Lipinski definition) is 7. The summed E-state index contributed by atoms with van der Waals surface area (Å²) in [6, 6.07) is 17.0. The minimum atomic E-state index is -0.154. The maximum atomic E-state index is 12.2. The maximum Gasteiger partial charge on any atom is 0.277 e. The van der Waals surface area contributed by atoms with Crippen molar-refractivity contribution >= 4 is 23.4 Å². The number of thioether (sulfide) groups is 1. The molecule has 2 aromatic heterocycles. The van der Waals surface area contributed by atoms with E-state index in [2.05, 4.69) is 33.5 Å². The van der Waals surface area contributed by atoms with Gasteiger partial charge in [0.25, 0.3) is 11.1 Å². The van der Waals surface area contributed by atoms with Crippen LogP contribution in [0.5, 0.6) is 0 Å². The topological polar surface area (TPSA) is 110 Å². The number of aromatic nitrogens is 4. The van der Waals surface area contributed by atoms with Gasteiger partial charge in [0.15, 0.2) is 0 Å². The summed E-state index contributed by atoms with van der Waals surface area (Å²) in [4.78, 5) is 16.5. The Labute approximate surface area is 182 Å². The van der Waals surface area contributed by atoms with Crippen molar-refractivity contribution in [3.63, 3.8) is 0 Å². The van der Waals surface area contributed by atoms with Gasteiger partial charge in [-0.2, -0.15) is 5.26 Å². The highest BCUT2D eigenvalue weighted by atomic mass is 32.2. The van der Waals surface area contributed by atoms with Gasteiger partial charge in [-0.15, -0.1) is 10.2 Å². The molecular formula is C22H18N6O2S. The lowest BCUT2D eigenvalue weighted by Gasteiger charge is -2.04. The van der Waals surface area contributed by atoms with Crippen LogP contribution < -0.4 is 5.32 Å². The van der Waals surface area contributed by atoms with E-state index < -0.39 is 0 Å². The van der Waals surface area contributed by atoms with Crippen molar-refractivity contribution in [3.05, 3.63) is 72.2 Å². The van der Waals surface area contributed by atoms with Gasteiger partial charge >= 0.3 is 0 Å². The van der Waals surface area contributed by atoms with Gasteiger partial charge < -0.3 is 14.3 Å². The molecule has 0 saturated heterocycles. The van der Waals surface area contributed by atoms with E-state index in [-0.39, 0.29) is 17.6 Å². The summed E-state index contributed by atoms with van der Waals surface area (Å²) in [7, 11) is 0. The fourth-order valence-corrected chi connectivity index (χ4v) is 3.37. The van der Waals surface area contributed by atoms with E-state index in [9.17, 15) is 4.79 Å². The van der Waals surface area contributed by atoms with Crippen LogP contribution in [0.3, 0.4) is 0 Å². The number of amides is 1. The molecule has 0 saturated carbocycles. The number of aryl methyl sites for hydroxylation is 1. The first-order valence-electron chi connectivity index (χ1n) is 9.54. The lowest BCUT2D eigenvalue weighted by molar-refractivity contribution is -0.113. The summed E-state index contributed by atoms with van der Waals surface area (Å²) in [5, 5.41) is 20.0. The number of nitrogens with one attached hydrogen (secondary N) is 1. The van der Waals surface area contributed by atoms with Crippen LogP contribution in [-0.2, 0) is 11.2 Å². The zero-order valence-electron chi connectivity index (χ0n) is 16.6. The van der Waals surface area contributed by atoms with Gasteiger partial charge in [-0.1, -0.05) is 30.8 Å². The second kappa shape index (κ2) is 9.28. The van der Waals surface area contributed by atoms with Gasteiger partial charge in [0, 0.05) is 17.6 Å². The second-order valence-corrected chi connectivity index (χ2v) is 7.51. The standard InChI is InChI=1S/C22H18N6O2S/c1-2-15-3-7-17(8-4-15)25-20(29)13-31-22-27-26-21(30-22)19-12-28(14-24-19)18-9-5-16(11-23)6-10-18/h3-10,12,14H,2,13H2,1H3,(H,25,29). The van der Waals surface area contributed by atoms with Crippen molar-refractivity contribution in [1.29, 1.82) is 5.26 Å². The lowest BCUT2D eigenvalue weighted by atomic mass is 10.1. The fraction of sp³-hybridized carbons (Fsp3) is 0.136. The van der Waals surface area contributed by atoms with Crippen LogP contribution in [-0.4, -0.2) is 31.4 Å². The highest BCUT2D eigenvalue weighted by Crippen LogP contribution is 2.23. The van der Waals surface area contributed by atoms with Crippen molar-refractivity contribution in [3.8, 4) is 23.3 Å². The molecule has 154 valence electrons. The average molecular weight is 430 g/mol. The number of rotatable bonds is 7. The molecule has 4 aromatic rings. The summed E-state index contributed by atoms with van der Waals surface area (Å²) < 4.78 is 7.42. The van der Waals surface area contributed by atoms with Gasteiger partial charge in [-0.3, -0.25) is 4.79 Å². The number of nitriles is 1. The van der Waals surface area contributed by atoms with E-state index in [4.69, 9.17) is 9.68 Å². The van der Waals surface area contributed by atoms with E-state index in [1.54, 1.807) is 29.2 Å². The number of imidazole rings is 1. The normalized spacial score (nSPS) is 10.6. The van der Waals surface area contributed by atoms with Crippen molar-refractivity contribution in [2.75, 3.05) is 11.1 Å². The fourth-order valence-electron chi connectivity index (χ4n) is 2.80. The molecule has 9 heteroatoms. The minimum absolute atomic E-state index is 0.150. The Balaban J connectivity index is 1.35. The van der Waals surface area contributed by atoms with E-state index in [1.807, 2.05) is 36.4 Å². The van der Waals surface area contributed by atoms with Gasteiger partial charge in [-0.25, -0.2) is 4.98 Å². The Bertz CT molecular complexity index is 1220. The van der Waals surface area contributed by atoms with Gasteiger partial charge in [0.2, 0.25) is 5.91 Å². The van der Waals surface area contributed by atoms with Crippen LogP contribution in [0, 0.1) is 11.3 Å². The molecule has 8 nitrogen and oxygen atoms in total. The van der Waals surface area contributed by atoms with Crippen LogP contribution in [0.25, 0.3) is 17.3 Å². The summed E-state index contributed by atoms with van der Waals surface area (Å²) in [5.41, 5.74) is 3.93. The third kappa shape index (κ3) is 4.99. The first-order chi connectivity index (χ1) is 15.1. The molecule has 31 heavy (non-hydrogen) atoms. The lowest BCUT2D eigenvalue weighted by Crippen LogP contribution is -2.13. The quantitative estimate of drug-likeness (QED) is 0.440. The zero-order chi connectivity index (χ0) is 21.6. The highest BCUT2D eigenvalue weighted by Gasteiger charge is 2.14. The number of carbonyl (C=O) groups excluding carboxylic acids is 1. The molecule has 0 aliphatic heterocycles. The van der Waals surface area contributed by atoms with Crippen LogP contribution in [0.1, 0.15) is 18.1 Å². The summed E-state index contributed by atoms with van der Waals surface area (Å²) in [5.74, 6) is 0.265.